The molecule has 0 saturated carbocycles. The van der Waals surface area contributed by atoms with E-state index in [0.717, 1.165) is 19.4 Å². The van der Waals surface area contributed by atoms with Gasteiger partial charge in [0.15, 0.2) is 0 Å². The highest BCUT2D eigenvalue weighted by molar-refractivity contribution is 5.75. The molecule has 0 spiro atoms. The van der Waals surface area contributed by atoms with Crippen LogP contribution in [0.2, 0.25) is 0 Å². The molecule has 82 valence electrons. The summed E-state index contributed by atoms with van der Waals surface area (Å²) in [5, 5.41) is 0. The van der Waals surface area contributed by atoms with Crippen LogP contribution in [0.3, 0.4) is 0 Å². The van der Waals surface area contributed by atoms with E-state index >= 15 is 0 Å². The SMILES string of the molecule is COC(=O)C(N)COCC1CCCO1. The molecule has 14 heavy (non-hydrogen) atoms. The van der Waals surface area contributed by atoms with Crippen LogP contribution in [0.25, 0.3) is 0 Å². The molecular formula is C9H17NO4. The van der Waals surface area contributed by atoms with E-state index in [2.05, 4.69) is 4.74 Å². The van der Waals surface area contributed by atoms with Crippen molar-refractivity contribution in [2.24, 2.45) is 5.73 Å². The predicted molar refractivity (Wildman–Crippen MR) is 49.8 cm³/mol. The van der Waals surface area contributed by atoms with E-state index in [1.807, 2.05) is 0 Å². The summed E-state index contributed by atoms with van der Waals surface area (Å²) in [6, 6.07) is -0.693. The predicted octanol–water partition coefficient (Wildman–Crippen LogP) is -0.318. The summed E-state index contributed by atoms with van der Waals surface area (Å²) < 4.78 is 15.1. The third-order valence-electron chi connectivity index (χ3n) is 2.13. The van der Waals surface area contributed by atoms with Gasteiger partial charge in [0.05, 0.1) is 26.4 Å². The molecule has 0 aliphatic carbocycles. The highest BCUT2D eigenvalue weighted by Crippen LogP contribution is 2.11. The molecule has 0 bridgehead atoms. The molecule has 2 atom stereocenters. The van der Waals surface area contributed by atoms with E-state index in [9.17, 15) is 4.79 Å². The molecule has 5 heteroatoms. The average molecular weight is 203 g/mol. The maximum Gasteiger partial charge on any atom is 0.325 e. The summed E-state index contributed by atoms with van der Waals surface area (Å²) in [7, 11) is 1.31. The van der Waals surface area contributed by atoms with Gasteiger partial charge in [-0.05, 0) is 12.8 Å². The zero-order valence-corrected chi connectivity index (χ0v) is 8.40. The average Bonchev–Trinajstić information content (AvgIpc) is 2.69. The molecule has 1 saturated heterocycles. The molecule has 1 aliphatic rings. The molecular weight excluding hydrogens is 186 g/mol. The Bertz CT molecular complexity index is 180. The first kappa shape index (κ1) is 11.4. The lowest BCUT2D eigenvalue weighted by atomic mass is 10.2. The molecule has 0 aromatic rings. The van der Waals surface area contributed by atoms with Crippen LogP contribution in [0.4, 0.5) is 0 Å². The lowest BCUT2D eigenvalue weighted by Crippen LogP contribution is -2.37. The number of carbonyl (C=O) groups is 1. The molecule has 2 unspecified atom stereocenters. The van der Waals surface area contributed by atoms with Gasteiger partial charge in [-0.1, -0.05) is 0 Å². The molecule has 0 radical (unpaired) electrons. The summed E-state index contributed by atoms with van der Waals surface area (Å²) in [4.78, 5) is 10.9. The summed E-state index contributed by atoms with van der Waals surface area (Å²) in [5.41, 5.74) is 5.47. The van der Waals surface area contributed by atoms with Crippen molar-refractivity contribution in [1.82, 2.24) is 0 Å². The van der Waals surface area contributed by atoms with E-state index in [-0.39, 0.29) is 12.7 Å². The van der Waals surface area contributed by atoms with E-state index in [1.165, 1.54) is 7.11 Å². The quantitative estimate of drug-likeness (QED) is 0.620. The Morgan fingerprint density at radius 2 is 2.50 bits per heavy atom. The molecule has 1 fully saturated rings. The van der Waals surface area contributed by atoms with Gasteiger partial charge in [0.2, 0.25) is 0 Å². The van der Waals surface area contributed by atoms with Crippen molar-refractivity contribution in [3.8, 4) is 0 Å². The van der Waals surface area contributed by atoms with Crippen molar-refractivity contribution in [1.29, 1.82) is 0 Å². The highest BCUT2D eigenvalue weighted by atomic mass is 16.5. The minimum Gasteiger partial charge on any atom is -0.468 e. The third-order valence-corrected chi connectivity index (χ3v) is 2.13. The Balaban J connectivity index is 2.05. The fourth-order valence-corrected chi connectivity index (χ4v) is 1.32. The molecule has 5 nitrogen and oxygen atoms in total. The Kier molecular flexibility index (Phi) is 4.86. The fourth-order valence-electron chi connectivity index (χ4n) is 1.32. The van der Waals surface area contributed by atoms with Crippen LogP contribution in [0, 0.1) is 0 Å². The van der Waals surface area contributed by atoms with E-state index < -0.39 is 12.0 Å². The van der Waals surface area contributed by atoms with Crippen molar-refractivity contribution < 1.29 is 19.0 Å². The lowest BCUT2D eigenvalue weighted by molar-refractivity contribution is -0.144. The molecule has 0 aromatic carbocycles. The van der Waals surface area contributed by atoms with Gasteiger partial charge in [-0.15, -0.1) is 0 Å². The molecule has 1 rings (SSSR count). The first-order valence-corrected chi connectivity index (χ1v) is 4.76. The molecule has 1 aliphatic heterocycles. The number of carbonyl (C=O) groups excluding carboxylic acids is 1. The molecule has 0 aromatic heterocycles. The van der Waals surface area contributed by atoms with Gasteiger partial charge in [-0.2, -0.15) is 0 Å². The second-order valence-electron chi connectivity index (χ2n) is 3.30. The first-order valence-electron chi connectivity index (χ1n) is 4.76. The van der Waals surface area contributed by atoms with Crippen LogP contribution >= 0.6 is 0 Å². The zero-order valence-electron chi connectivity index (χ0n) is 8.40. The molecule has 2 N–H and O–H groups in total. The highest BCUT2D eigenvalue weighted by Gasteiger charge is 2.18. The van der Waals surface area contributed by atoms with Gasteiger partial charge >= 0.3 is 5.97 Å². The van der Waals surface area contributed by atoms with Crippen LogP contribution in [0.1, 0.15) is 12.8 Å². The topological polar surface area (TPSA) is 70.8 Å². The van der Waals surface area contributed by atoms with Crippen LogP contribution in [-0.2, 0) is 19.0 Å². The minimum atomic E-state index is -0.693. The van der Waals surface area contributed by atoms with Crippen LogP contribution in [-0.4, -0.2) is 45.0 Å². The number of hydrogen-bond donors (Lipinski definition) is 1. The summed E-state index contributed by atoms with van der Waals surface area (Å²) in [5.74, 6) is -0.447. The van der Waals surface area contributed by atoms with Crippen molar-refractivity contribution in [3.05, 3.63) is 0 Å². The normalized spacial score (nSPS) is 23.4. The Labute approximate surface area is 83.5 Å². The zero-order chi connectivity index (χ0) is 10.4. The summed E-state index contributed by atoms with van der Waals surface area (Å²) >= 11 is 0. The first-order chi connectivity index (χ1) is 6.74. The Hall–Kier alpha value is -0.650. The van der Waals surface area contributed by atoms with Crippen molar-refractivity contribution in [2.75, 3.05) is 26.9 Å². The van der Waals surface area contributed by atoms with Crippen LogP contribution in [0.15, 0.2) is 0 Å². The van der Waals surface area contributed by atoms with Crippen LogP contribution < -0.4 is 5.73 Å². The maximum atomic E-state index is 10.9. The van der Waals surface area contributed by atoms with Gasteiger partial charge in [-0.25, -0.2) is 0 Å². The third kappa shape index (κ3) is 3.61. The van der Waals surface area contributed by atoms with Crippen molar-refractivity contribution >= 4 is 5.97 Å². The maximum absolute atomic E-state index is 10.9. The number of rotatable bonds is 5. The van der Waals surface area contributed by atoms with Crippen LogP contribution in [0.5, 0.6) is 0 Å². The Morgan fingerprint density at radius 1 is 1.71 bits per heavy atom. The monoisotopic (exact) mass is 203 g/mol. The van der Waals surface area contributed by atoms with E-state index in [1.54, 1.807) is 0 Å². The van der Waals surface area contributed by atoms with Gasteiger partial charge in [0, 0.05) is 6.61 Å². The van der Waals surface area contributed by atoms with E-state index in [4.69, 9.17) is 15.2 Å². The van der Waals surface area contributed by atoms with Gasteiger partial charge < -0.3 is 19.9 Å². The van der Waals surface area contributed by atoms with Crippen molar-refractivity contribution in [2.45, 2.75) is 25.0 Å². The van der Waals surface area contributed by atoms with Crippen molar-refractivity contribution in [3.63, 3.8) is 0 Å². The Morgan fingerprint density at radius 3 is 3.07 bits per heavy atom. The standard InChI is InChI=1S/C9H17NO4/c1-12-9(11)8(10)6-13-5-7-3-2-4-14-7/h7-8H,2-6,10H2,1H3. The second kappa shape index (κ2) is 5.95. The number of ether oxygens (including phenoxy) is 3. The smallest absolute Gasteiger partial charge is 0.325 e. The van der Waals surface area contributed by atoms with E-state index in [0.29, 0.717) is 6.61 Å². The fraction of sp³-hybridized carbons (Fsp3) is 0.889. The van der Waals surface area contributed by atoms with Gasteiger partial charge in [0.25, 0.3) is 0 Å². The lowest BCUT2D eigenvalue weighted by Gasteiger charge is -2.12. The molecule has 1 heterocycles. The number of methoxy groups -OCH3 is 1. The summed E-state index contributed by atoms with van der Waals surface area (Å²) in [6.07, 6.45) is 2.27. The number of esters is 1. The largest absolute Gasteiger partial charge is 0.468 e. The number of hydrogen-bond acceptors (Lipinski definition) is 5. The number of nitrogens with two attached hydrogens (primary N) is 1. The van der Waals surface area contributed by atoms with Gasteiger partial charge in [0.1, 0.15) is 6.04 Å². The second-order valence-corrected chi connectivity index (χ2v) is 3.30. The summed E-state index contributed by atoms with van der Waals surface area (Å²) in [6.45, 7) is 1.49. The van der Waals surface area contributed by atoms with Gasteiger partial charge in [-0.3, -0.25) is 4.79 Å². The molecule has 0 amide bonds. The minimum absolute atomic E-state index is 0.167.